The van der Waals surface area contributed by atoms with Crippen LogP contribution in [-0.2, 0) is 0 Å². The molecular weight excluding hydrogens is 280 g/mol. The van der Waals surface area contributed by atoms with Crippen molar-refractivity contribution in [2.45, 2.75) is 0 Å². The van der Waals surface area contributed by atoms with Gasteiger partial charge in [0.15, 0.2) is 5.82 Å². The van der Waals surface area contributed by atoms with E-state index in [0.29, 0.717) is 5.56 Å². The van der Waals surface area contributed by atoms with Gasteiger partial charge in [0, 0.05) is 17.3 Å². The molecule has 0 radical (unpaired) electrons. The molecule has 0 atom stereocenters. The van der Waals surface area contributed by atoms with Gasteiger partial charge in [0.2, 0.25) is 0 Å². The zero-order valence-electron chi connectivity index (χ0n) is 8.82. The molecule has 92 valence electrons. The van der Waals surface area contributed by atoms with Gasteiger partial charge >= 0.3 is 5.97 Å². The fraction of sp³-hybridized carbons (Fsp3) is 0. The smallest absolute Gasteiger partial charge is 0.339 e. The zero-order valence-corrected chi connectivity index (χ0v) is 10.3. The van der Waals surface area contributed by atoms with E-state index in [9.17, 15) is 9.18 Å². The molecule has 0 unspecified atom stereocenters. The molecule has 2 aromatic rings. The first kappa shape index (κ1) is 12.8. The minimum absolute atomic E-state index is 0.0926. The summed E-state index contributed by atoms with van der Waals surface area (Å²) in [6.07, 6.45) is 2.08. The van der Waals surface area contributed by atoms with Crippen LogP contribution in [0, 0.1) is 5.82 Å². The van der Waals surface area contributed by atoms with Crippen LogP contribution in [0.2, 0.25) is 10.0 Å². The molecule has 1 N–H and O–H groups in total. The highest BCUT2D eigenvalue weighted by molar-refractivity contribution is 6.43. The van der Waals surface area contributed by atoms with Crippen molar-refractivity contribution in [3.05, 3.63) is 52.0 Å². The van der Waals surface area contributed by atoms with Crippen LogP contribution in [0.3, 0.4) is 0 Å². The monoisotopic (exact) mass is 285 g/mol. The first-order valence-corrected chi connectivity index (χ1v) is 5.59. The highest BCUT2D eigenvalue weighted by Crippen LogP contribution is 2.35. The van der Waals surface area contributed by atoms with Gasteiger partial charge in [0.25, 0.3) is 0 Å². The van der Waals surface area contributed by atoms with Crippen molar-refractivity contribution in [2.24, 2.45) is 0 Å². The number of carbonyl (C=O) groups is 1. The molecule has 0 aliphatic heterocycles. The van der Waals surface area contributed by atoms with Gasteiger partial charge in [0.05, 0.1) is 16.2 Å². The van der Waals surface area contributed by atoms with Crippen molar-refractivity contribution in [3.8, 4) is 11.1 Å². The quantitative estimate of drug-likeness (QED) is 0.911. The minimum atomic E-state index is -1.39. The summed E-state index contributed by atoms with van der Waals surface area (Å²) in [7, 11) is 0. The first-order valence-electron chi connectivity index (χ1n) is 4.83. The molecule has 0 spiro atoms. The number of hydrogen-bond donors (Lipinski definition) is 1. The van der Waals surface area contributed by atoms with E-state index < -0.39 is 17.3 Å². The van der Waals surface area contributed by atoms with Gasteiger partial charge in [-0.1, -0.05) is 35.3 Å². The Balaban J connectivity index is 2.75. The van der Waals surface area contributed by atoms with E-state index in [1.165, 1.54) is 6.20 Å². The lowest BCUT2D eigenvalue weighted by molar-refractivity contribution is 0.0692. The van der Waals surface area contributed by atoms with Crippen LogP contribution in [0.4, 0.5) is 4.39 Å². The summed E-state index contributed by atoms with van der Waals surface area (Å²) in [5, 5.41) is 9.44. The van der Waals surface area contributed by atoms with Crippen LogP contribution < -0.4 is 0 Å². The lowest BCUT2D eigenvalue weighted by Gasteiger charge is -2.09. The van der Waals surface area contributed by atoms with E-state index >= 15 is 0 Å². The minimum Gasteiger partial charge on any atom is -0.478 e. The Hall–Kier alpha value is -1.65. The third kappa shape index (κ3) is 2.17. The molecule has 3 nitrogen and oxygen atoms in total. The van der Waals surface area contributed by atoms with E-state index in [1.54, 1.807) is 18.2 Å². The average molecular weight is 286 g/mol. The lowest BCUT2D eigenvalue weighted by atomic mass is 10.0. The Labute approximate surface area is 112 Å². The molecule has 2 rings (SSSR count). The number of nitrogens with zero attached hydrogens (tertiary/aromatic N) is 1. The molecule has 1 heterocycles. The maximum absolute atomic E-state index is 13.5. The third-order valence-corrected chi connectivity index (χ3v) is 3.17. The topological polar surface area (TPSA) is 50.2 Å². The Morgan fingerprint density at radius 1 is 1.22 bits per heavy atom. The molecule has 1 aromatic carbocycles. The number of rotatable bonds is 2. The second-order valence-corrected chi connectivity index (χ2v) is 4.24. The number of aromatic nitrogens is 1. The van der Waals surface area contributed by atoms with E-state index in [2.05, 4.69) is 4.98 Å². The van der Waals surface area contributed by atoms with Crippen LogP contribution >= 0.6 is 23.2 Å². The zero-order chi connectivity index (χ0) is 13.3. The lowest BCUT2D eigenvalue weighted by Crippen LogP contribution is -2.04. The van der Waals surface area contributed by atoms with Crippen molar-refractivity contribution in [2.75, 3.05) is 0 Å². The number of benzene rings is 1. The second kappa shape index (κ2) is 4.92. The summed E-state index contributed by atoms with van der Waals surface area (Å²) in [6.45, 7) is 0. The maximum Gasteiger partial charge on any atom is 0.339 e. The molecule has 0 bridgehead atoms. The van der Waals surface area contributed by atoms with Crippen molar-refractivity contribution in [1.82, 2.24) is 4.98 Å². The van der Waals surface area contributed by atoms with E-state index in [0.717, 1.165) is 6.20 Å². The highest BCUT2D eigenvalue weighted by Gasteiger charge is 2.19. The van der Waals surface area contributed by atoms with Crippen LogP contribution in [0.15, 0.2) is 30.6 Å². The Kier molecular flexibility index (Phi) is 3.50. The van der Waals surface area contributed by atoms with Crippen molar-refractivity contribution >= 4 is 29.2 Å². The molecule has 0 saturated carbocycles. The summed E-state index contributed by atoms with van der Waals surface area (Å²) in [5.74, 6) is -2.31. The standard InChI is InChI=1S/C12H6Cl2FNO2/c13-8-3-1-2-6(11(8)14)7-4-16-5-9(15)10(7)12(17)18/h1-5H,(H,17,18). The largest absolute Gasteiger partial charge is 0.478 e. The van der Waals surface area contributed by atoms with Gasteiger partial charge in [-0.05, 0) is 6.07 Å². The molecule has 0 aliphatic carbocycles. The maximum atomic E-state index is 13.5. The number of carboxylic acid groups (broad SMARTS) is 1. The normalized spacial score (nSPS) is 10.4. The van der Waals surface area contributed by atoms with E-state index in [-0.39, 0.29) is 15.6 Å². The first-order chi connectivity index (χ1) is 8.52. The van der Waals surface area contributed by atoms with Gasteiger partial charge < -0.3 is 5.11 Å². The number of carboxylic acids is 1. The van der Waals surface area contributed by atoms with E-state index in [4.69, 9.17) is 28.3 Å². The highest BCUT2D eigenvalue weighted by atomic mass is 35.5. The summed E-state index contributed by atoms with van der Waals surface area (Å²) < 4.78 is 13.5. The van der Waals surface area contributed by atoms with E-state index in [1.807, 2.05) is 0 Å². The Morgan fingerprint density at radius 2 is 1.94 bits per heavy atom. The van der Waals surface area contributed by atoms with Crippen LogP contribution in [0.5, 0.6) is 0 Å². The molecule has 6 heteroatoms. The van der Waals surface area contributed by atoms with Gasteiger partial charge in [-0.3, -0.25) is 4.98 Å². The fourth-order valence-electron chi connectivity index (χ4n) is 1.57. The summed E-state index contributed by atoms with van der Waals surface area (Å²) in [5.41, 5.74) is -0.0577. The number of pyridine rings is 1. The number of halogens is 3. The van der Waals surface area contributed by atoms with Gasteiger partial charge in [-0.2, -0.15) is 0 Å². The van der Waals surface area contributed by atoms with Crippen LogP contribution in [0.1, 0.15) is 10.4 Å². The summed E-state index contributed by atoms with van der Waals surface area (Å²) in [4.78, 5) is 14.7. The third-order valence-electron chi connectivity index (χ3n) is 2.36. The van der Waals surface area contributed by atoms with Gasteiger partial charge in [-0.15, -0.1) is 0 Å². The van der Waals surface area contributed by atoms with Crippen LogP contribution in [-0.4, -0.2) is 16.1 Å². The Morgan fingerprint density at radius 3 is 2.61 bits per heavy atom. The summed E-state index contributed by atoms with van der Waals surface area (Å²) >= 11 is 11.8. The number of aromatic carboxylic acids is 1. The molecule has 0 fully saturated rings. The predicted octanol–water partition coefficient (Wildman–Crippen LogP) is 3.89. The van der Waals surface area contributed by atoms with Crippen LogP contribution in [0.25, 0.3) is 11.1 Å². The SMILES string of the molecule is O=C(O)c1c(F)cncc1-c1cccc(Cl)c1Cl. The van der Waals surface area contributed by atoms with Crippen molar-refractivity contribution in [3.63, 3.8) is 0 Å². The molecule has 0 amide bonds. The fourth-order valence-corrected chi connectivity index (χ4v) is 1.97. The number of hydrogen-bond acceptors (Lipinski definition) is 2. The molecule has 0 aliphatic rings. The van der Waals surface area contributed by atoms with Gasteiger partial charge in [0.1, 0.15) is 5.56 Å². The van der Waals surface area contributed by atoms with Gasteiger partial charge in [-0.25, -0.2) is 9.18 Å². The predicted molar refractivity (Wildman–Crippen MR) is 66.6 cm³/mol. The molecule has 0 saturated heterocycles. The molecule has 1 aromatic heterocycles. The molecule has 18 heavy (non-hydrogen) atoms. The molecular formula is C12H6Cl2FNO2. The second-order valence-electron chi connectivity index (χ2n) is 3.45. The van der Waals surface area contributed by atoms with Crippen molar-refractivity contribution in [1.29, 1.82) is 0 Å². The van der Waals surface area contributed by atoms with Crippen molar-refractivity contribution < 1.29 is 14.3 Å². The Bertz CT molecular complexity index is 631. The summed E-state index contributed by atoms with van der Waals surface area (Å²) in [6, 6.07) is 4.71. The average Bonchev–Trinajstić information content (AvgIpc) is 2.32.